The van der Waals surface area contributed by atoms with Crippen LogP contribution in [0.2, 0.25) is 0 Å². The molecule has 2 heterocycles. The van der Waals surface area contributed by atoms with Crippen LogP contribution < -0.4 is 5.32 Å². The highest BCUT2D eigenvalue weighted by atomic mass is 16.5. The molecule has 5 heteroatoms. The molecule has 1 aromatic rings. The van der Waals surface area contributed by atoms with E-state index in [-0.39, 0.29) is 12.7 Å². The van der Waals surface area contributed by atoms with E-state index >= 15 is 0 Å². The zero-order valence-corrected chi connectivity index (χ0v) is 11.0. The van der Waals surface area contributed by atoms with Gasteiger partial charge in [0.05, 0.1) is 31.7 Å². The summed E-state index contributed by atoms with van der Waals surface area (Å²) in [4.78, 5) is 0. The van der Waals surface area contributed by atoms with Crippen molar-refractivity contribution < 1.29 is 9.84 Å². The van der Waals surface area contributed by atoms with Gasteiger partial charge in [-0.15, -0.1) is 0 Å². The van der Waals surface area contributed by atoms with Crippen molar-refractivity contribution in [2.75, 3.05) is 18.5 Å². The van der Waals surface area contributed by atoms with Crippen molar-refractivity contribution in [1.29, 1.82) is 0 Å². The number of aryl methyl sites for hydroxylation is 1. The summed E-state index contributed by atoms with van der Waals surface area (Å²) in [6.07, 6.45) is 6.14. The molecule has 1 aromatic heterocycles. The molecule has 2 N–H and O–H groups in total. The van der Waals surface area contributed by atoms with Gasteiger partial charge >= 0.3 is 0 Å². The van der Waals surface area contributed by atoms with E-state index in [1.807, 2.05) is 24.6 Å². The van der Waals surface area contributed by atoms with Gasteiger partial charge in [-0.25, -0.2) is 4.68 Å². The molecule has 2 rings (SSSR count). The number of nitrogens with zero attached hydrogens (tertiary/aromatic N) is 2. The van der Waals surface area contributed by atoms with Gasteiger partial charge in [-0.1, -0.05) is 0 Å². The van der Waals surface area contributed by atoms with Gasteiger partial charge in [0.15, 0.2) is 0 Å². The van der Waals surface area contributed by atoms with Gasteiger partial charge in [-0.2, -0.15) is 5.10 Å². The molecule has 0 aromatic carbocycles. The molecule has 0 bridgehead atoms. The van der Waals surface area contributed by atoms with Crippen LogP contribution in [0.15, 0.2) is 12.3 Å². The molecule has 1 atom stereocenters. The van der Waals surface area contributed by atoms with Crippen LogP contribution in [0, 0.1) is 13.8 Å². The highest BCUT2D eigenvalue weighted by molar-refractivity contribution is 5.46. The van der Waals surface area contributed by atoms with Crippen molar-refractivity contribution >= 4 is 5.82 Å². The lowest BCUT2D eigenvalue weighted by atomic mass is 10.1. The predicted octanol–water partition coefficient (Wildman–Crippen LogP) is 1.60. The fourth-order valence-corrected chi connectivity index (χ4v) is 2.10. The molecule has 1 aliphatic rings. The van der Waals surface area contributed by atoms with E-state index in [4.69, 9.17) is 9.84 Å². The van der Waals surface area contributed by atoms with Crippen LogP contribution in [0.1, 0.15) is 24.1 Å². The average molecular weight is 251 g/mol. The molecule has 1 aliphatic heterocycles. The molecule has 0 saturated carbocycles. The van der Waals surface area contributed by atoms with Crippen molar-refractivity contribution in [2.24, 2.45) is 0 Å². The van der Waals surface area contributed by atoms with E-state index in [1.165, 1.54) is 0 Å². The summed E-state index contributed by atoms with van der Waals surface area (Å²) >= 11 is 0. The van der Waals surface area contributed by atoms with E-state index in [9.17, 15) is 0 Å². The van der Waals surface area contributed by atoms with Crippen molar-refractivity contribution in [1.82, 2.24) is 9.78 Å². The third kappa shape index (κ3) is 2.85. The second-order valence-electron chi connectivity index (χ2n) is 4.59. The number of allylic oxidation sites excluding steroid dienone is 1. The van der Waals surface area contributed by atoms with Crippen LogP contribution in [-0.4, -0.2) is 34.1 Å². The third-order valence-corrected chi connectivity index (χ3v) is 3.26. The molecule has 0 saturated heterocycles. The highest BCUT2D eigenvalue weighted by Gasteiger charge is 2.15. The lowest BCUT2D eigenvalue weighted by molar-refractivity contribution is 0.135. The summed E-state index contributed by atoms with van der Waals surface area (Å²) < 4.78 is 7.35. The van der Waals surface area contributed by atoms with E-state index in [0.717, 1.165) is 36.5 Å². The number of aromatic nitrogens is 2. The van der Waals surface area contributed by atoms with E-state index in [1.54, 1.807) is 6.26 Å². The molecular formula is C13H21N3O2. The summed E-state index contributed by atoms with van der Waals surface area (Å²) in [5.41, 5.74) is 2.13. The summed E-state index contributed by atoms with van der Waals surface area (Å²) in [6.45, 7) is 5.40. The first-order chi connectivity index (χ1) is 8.72. The van der Waals surface area contributed by atoms with Crippen LogP contribution in [0.25, 0.3) is 0 Å². The molecule has 100 valence electrons. The van der Waals surface area contributed by atoms with Gasteiger partial charge in [0.1, 0.15) is 11.9 Å². The smallest absolute Gasteiger partial charge is 0.127 e. The van der Waals surface area contributed by atoms with Crippen LogP contribution in [0.5, 0.6) is 0 Å². The van der Waals surface area contributed by atoms with Crippen LogP contribution >= 0.6 is 0 Å². The number of rotatable bonds is 5. The first kappa shape index (κ1) is 13.0. The van der Waals surface area contributed by atoms with E-state index in [0.29, 0.717) is 6.54 Å². The van der Waals surface area contributed by atoms with Crippen LogP contribution in [0.4, 0.5) is 5.82 Å². The Balaban J connectivity index is 2.01. The fourth-order valence-electron chi connectivity index (χ4n) is 2.10. The van der Waals surface area contributed by atoms with Crippen molar-refractivity contribution in [3.63, 3.8) is 0 Å². The third-order valence-electron chi connectivity index (χ3n) is 3.26. The molecule has 5 nitrogen and oxygen atoms in total. The Labute approximate surface area is 107 Å². The van der Waals surface area contributed by atoms with Gasteiger partial charge in [0.2, 0.25) is 0 Å². The minimum atomic E-state index is 0.0951. The maximum absolute atomic E-state index is 9.04. The largest absolute Gasteiger partial charge is 0.497 e. The van der Waals surface area contributed by atoms with Gasteiger partial charge in [0.25, 0.3) is 0 Å². The summed E-state index contributed by atoms with van der Waals surface area (Å²) in [6, 6.07) is 0. The Hall–Kier alpha value is -1.49. The van der Waals surface area contributed by atoms with Crippen molar-refractivity contribution in [3.05, 3.63) is 23.6 Å². The Kier molecular flexibility index (Phi) is 4.25. The Bertz CT molecular complexity index is 426. The fraction of sp³-hybridized carbons (Fsp3) is 0.615. The number of nitrogens with one attached hydrogen (secondary N) is 1. The van der Waals surface area contributed by atoms with Gasteiger partial charge in [-0.05, 0) is 32.8 Å². The molecule has 0 radical (unpaired) electrons. The first-order valence-corrected chi connectivity index (χ1v) is 6.41. The van der Waals surface area contributed by atoms with Gasteiger partial charge < -0.3 is 15.2 Å². The molecule has 0 fully saturated rings. The Morgan fingerprint density at radius 3 is 3.06 bits per heavy atom. The van der Waals surface area contributed by atoms with Crippen molar-refractivity contribution in [3.8, 4) is 0 Å². The zero-order chi connectivity index (χ0) is 13.0. The molecule has 18 heavy (non-hydrogen) atoms. The summed E-state index contributed by atoms with van der Waals surface area (Å²) in [5, 5.41) is 16.8. The standard InChI is InChI=1S/C13H21N3O2/c1-10-11(2)15-16(6-7-17)13(10)14-9-12-5-3-4-8-18-12/h4,8,12,14,17H,3,5-7,9H2,1-2H3. The average Bonchev–Trinajstić information content (AvgIpc) is 2.65. The van der Waals surface area contributed by atoms with E-state index in [2.05, 4.69) is 10.4 Å². The molecular weight excluding hydrogens is 230 g/mol. The normalized spacial score (nSPS) is 18.7. The number of ether oxygens (including phenoxy) is 1. The number of hydrogen-bond donors (Lipinski definition) is 2. The number of hydrogen-bond acceptors (Lipinski definition) is 4. The summed E-state index contributed by atoms with van der Waals surface area (Å²) in [5.74, 6) is 0.986. The maximum atomic E-state index is 9.04. The zero-order valence-electron chi connectivity index (χ0n) is 11.0. The second kappa shape index (κ2) is 5.91. The summed E-state index contributed by atoms with van der Waals surface area (Å²) in [7, 11) is 0. The topological polar surface area (TPSA) is 59.3 Å². The highest BCUT2D eigenvalue weighted by Crippen LogP contribution is 2.19. The molecule has 0 aliphatic carbocycles. The number of anilines is 1. The number of aliphatic hydroxyl groups excluding tert-OH is 1. The lowest BCUT2D eigenvalue weighted by Gasteiger charge is -2.20. The molecule has 1 unspecified atom stereocenters. The minimum absolute atomic E-state index is 0.0951. The minimum Gasteiger partial charge on any atom is -0.497 e. The van der Waals surface area contributed by atoms with E-state index < -0.39 is 0 Å². The SMILES string of the molecule is Cc1nn(CCO)c(NCC2CCC=CO2)c1C. The second-order valence-corrected chi connectivity index (χ2v) is 4.59. The van der Waals surface area contributed by atoms with Crippen molar-refractivity contribution in [2.45, 2.75) is 39.3 Å². The van der Waals surface area contributed by atoms with Gasteiger partial charge in [0, 0.05) is 5.56 Å². The predicted molar refractivity (Wildman–Crippen MR) is 70.5 cm³/mol. The molecule has 0 spiro atoms. The number of aliphatic hydroxyl groups is 1. The van der Waals surface area contributed by atoms with Crippen LogP contribution in [-0.2, 0) is 11.3 Å². The monoisotopic (exact) mass is 251 g/mol. The quantitative estimate of drug-likeness (QED) is 0.834. The Morgan fingerprint density at radius 1 is 1.56 bits per heavy atom. The Morgan fingerprint density at radius 2 is 2.39 bits per heavy atom. The lowest BCUT2D eigenvalue weighted by Crippen LogP contribution is -2.24. The van der Waals surface area contributed by atoms with Crippen LogP contribution in [0.3, 0.4) is 0 Å². The maximum Gasteiger partial charge on any atom is 0.127 e. The van der Waals surface area contributed by atoms with Gasteiger partial charge in [-0.3, -0.25) is 0 Å². The molecule has 0 amide bonds. The first-order valence-electron chi connectivity index (χ1n) is 6.41.